The van der Waals surface area contributed by atoms with E-state index in [1.54, 1.807) is 7.11 Å². The van der Waals surface area contributed by atoms with E-state index in [0.717, 1.165) is 33.0 Å². The number of methoxy groups -OCH3 is 1. The Labute approximate surface area is 131 Å². The van der Waals surface area contributed by atoms with Crippen LogP contribution in [0.25, 0.3) is 10.9 Å². The highest BCUT2D eigenvalue weighted by Crippen LogP contribution is 2.26. The van der Waals surface area contributed by atoms with Gasteiger partial charge in [-0.15, -0.1) is 0 Å². The fourth-order valence-electron chi connectivity index (χ4n) is 2.47. The fourth-order valence-corrected chi connectivity index (χ4v) is 2.87. The molecule has 0 spiro atoms. The van der Waals surface area contributed by atoms with Gasteiger partial charge in [0.25, 0.3) is 0 Å². The van der Waals surface area contributed by atoms with Gasteiger partial charge in [0.15, 0.2) is 0 Å². The number of halogens is 1. The van der Waals surface area contributed by atoms with Crippen LogP contribution in [0.3, 0.4) is 0 Å². The summed E-state index contributed by atoms with van der Waals surface area (Å²) in [6.07, 6.45) is 2.90. The van der Waals surface area contributed by atoms with Crippen molar-refractivity contribution in [2.45, 2.75) is 6.54 Å². The number of benzene rings is 2. The van der Waals surface area contributed by atoms with Gasteiger partial charge in [0.1, 0.15) is 12.0 Å². The summed E-state index contributed by atoms with van der Waals surface area (Å²) in [5, 5.41) is 1.12. The van der Waals surface area contributed by atoms with Crippen LogP contribution in [-0.2, 0) is 6.54 Å². The number of rotatable bonds is 4. The van der Waals surface area contributed by atoms with Crippen molar-refractivity contribution >= 4 is 33.1 Å². The molecule has 0 N–H and O–H groups in total. The molecule has 0 radical (unpaired) electrons. The number of nitrogens with zero attached hydrogens (tertiary/aromatic N) is 1. The molecule has 21 heavy (non-hydrogen) atoms. The maximum Gasteiger partial charge on any atom is 0.150 e. The zero-order valence-corrected chi connectivity index (χ0v) is 13.1. The Balaban J connectivity index is 2.05. The lowest BCUT2D eigenvalue weighted by molar-refractivity contribution is 0.112. The summed E-state index contributed by atoms with van der Waals surface area (Å²) in [5.41, 5.74) is 2.81. The quantitative estimate of drug-likeness (QED) is 0.662. The fraction of sp³-hybridized carbons (Fsp3) is 0.118. The van der Waals surface area contributed by atoms with E-state index in [0.29, 0.717) is 12.1 Å². The van der Waals surface area contributed by atoms with E-state index in [4.69, 9.17) is 4.74 Å². The minimum atomic E-state index is 0.684. The number of hydrogen-bond acceptors (Lipinski definition) is 2. The van der Waals surface area contributed by atoms with Gasteiger partial charge in [-0.1, -0.05) is 28.1 Å². The Kier molecular flexibility index (Phi) is 3.80. The van der Waals surface area contributed by atoms with Gasteiger partial charge in [-0.3, -0.25) is 4.79 Å². The van der Waals surface area contributed by atoms with Crippen LogP contribution >= 0.6 is 15.9 Å². The minimum Gasteiger partial charge on any atom is -0.496 e. The predicted molar refractivity (Wildman–Crippen MR) is 87.1 cm³/mol. The summed E-state index contributed by atoms with van der Waals surface area (Å²) in [7, 11) is 1.67. The molecule has 1 aromatic heterocycles. The predicted octanol–water partition coefficient (Wildman–Crippen LogP) is 4.27. The molecule has 4 heteroatoms. The van der Waals surface area contributed by atoms with Crippen LogP contribution in [0.15, 0.2) is 53.1 Å². The van der Waals surface area contributed by atoms with Crippen LogP contribution in [0.5, 0.6) is 5.75 Å². The number of fused-ring (bicyclic) bond motifs is 1. The van der Waals surface area contributed by atoms with E-state index in [-0.39, 0.29) is 0 Å². The minimum absolute atomic E-state index is 0.684. The lowest BCUT2D eigenvalue weighted by atomic mass is 10.1. The van der Waals surface area contributed by atoms with Gasteiger partial charge in [-0.2, -0.15) is 0 Å². The number of carbonyl (C=O) groups excluding carboxylic acids is 1. The topological polar surface area (TPSA) is 31.2 Å². The molecule has 0 atom stereocenters. The van der Waals surface area contributed by atoms with Gasteiger partial charge in [-0.25, -0.2) is 0 Å². The van der Waals surface area contributed by atoms with Crippen molar-refractivity contribution in [3.05, 3.63) is 64.3 Å². The Morgan fingerprint density at radius 1 is 1.19 bits per heavy atom. The van der Waals surface area contributed by atoms with Gasteiger partial charge in [0, 0.05) is 27.3 Å². The van der Waals surface area contributed by atoms with Gasteiger partial charge < -0.3 is 9.30 Å². The molecule has 0 aliphatic carbocycles. The zero-order chi connectivity index (χ0) is 14.8. The van der Waals surface area contributed by atoms with E-state index in [1.807, 2.05) is 48.7 Å². The maximum absolute atomic E-state index is 11.0. The van der Waals surface area contributed by atoms with Crippen LogP contribution < -0.4 is 4.74 Å². The smallest absolute Gasteiger partial charge is 0.150 e. The number of carbonyl (C=O) groups is 1. The standard InChI is InChI=1S/C17H14BrNO2/c1-21-17-5-4-15(18)9-14(17)10-19-7-6-13-3-2-12(11-20)8-16(13)19/h2-9,11H,10H2,1H3. The SMILES string of the molecule is COc1ccc(Br)cc1Cn1ccc2ccc(C=O)cc21. The first-order valence-corrected chi connectivity index (χ1v) is 7.37. The molecule has 2 aromatic carbocycles. The summed E-state index contributed by atoms with van der Waals surface area (Å²) in [6.45, 7) is 0.689. The molecule has 0 aliphatic rings. The van der Waals surface area contributed by atoms with E-state index in [9.17, 15) is 4.79 Å². The van der Waals surface area contributed by atoms with E-state index in [2.05, 4.69) is 20.5 Å². The Hall–Kier alpha value is -2.07. The van der Waals surface area contributed by atoms with E-state index < -0.39 is 0 Å². The molecular weight excluding hydrogens is 330 g/mol. The molecule has 0 aliphatic heterocycles. The average Bonchev–Trinajstić information content (AvgIpc) is 2.90. The number of aldehydes is 1. The van der Waals surface area contributed by atoms with Crippen molar-refractivity contribution in [1.82, 2.24) is 4.57 Å². The lowest BCUT2D eigenvalue weighted by Gasteiger charge is -2.11. The van der Waals surface area contributed by atoms with Crippen LogP contribution in [0.4, 0.5) is 0 Å². The van der Waals surface area contributed by atoms with Crippen LogP contribution in [0.2, 0.25) is 0 Å². The van der Waals surface area contributed by atoms with Crippen molar-refractivity contribution in [2.75, 3.05) is 7.11 Å². The van der Waals surface area contributed by atoms with E-state index in [1.165, 1.54) is 0 Å². The molecule has 3 aromatic rings. The molecule has 106 valence electrons. The third-order valence-corrected chi connectivity index (χ3v) is 4.01. The Morgan fingerprint density at radius 3 is 2.81 bits per heavy atom. The summed E-state index contributed by atoms with van der Waals surface area (Å²) < 4.78 is 8.55. The number of aromatic nitrogens is 1. The molecular formula is C17H14BrNO2. The third kappa shape index (κ3) is 2.72. The largest absolute Gasteiger partial charge is 0.496 e. The highest BCUT2D eigenvalue weighted by molar-refractivity contribution is 9.10. The van der Waals surface area contributed by atoms with E-state index >= 15 is 0 Å². The van der Waals surface area contributed by atoms with Gasteiger partial charge in [0.2, 0.25) is 0 Å². The summed E-state index contributed by atoms with van der Waals surface area (Å²) >= 11 is 3.49. The third-order valence-electron chi connectivity index (χ3n) is 3.52. The first-order valence-electron chi connectivity index (χ1n) is 6.58. The molecule has 0 unspecified atom stereocenters. The number of ether oxygens (including phenoxy) is 1. The van der Waals surface area contributed by atoms with Crippen molar-refractivity contribution in [3.63, 3.8) is 0 Å². The highest BCUT2D eigenvalue weighted by Gasteiger charge is 2.07. The second-order valence-corrected chi connectivity index (χ2v) is 5.75. The monoisotopic (exact) mass is 343 g/mol. The molecule has 3 nitrogen and oxygen atoms in total. The molecule has 0 saturated carbocycles. The number of hydrogen-bond donors (Lipinski definition) is 0. The van der Waals surface area contributed by atoms with Gasteiger partial charge in [0.05, 0.1) is 13.7 Å². The Bertz CT molecular complexity index is 808. The summed E-state index contributed by atoms with van der Waals surface area (Å²) in [4.78, 5) is 11.0. The lowest BCUT2D eigenvalue weighted by Crippen LogP contribution is -2.01. The zero-order valence-electron chi connectivity index (χ0n) is 11.5. The van der Waals surface area contributed by atoms with Gasteiger partial charge in [-0.05, 0) is 35.7 Å². The average molecular weight is 344 g/mol. The molecule has 0 amide bonds. The van der Waals surface area contributed by atoms with Crippen molar-refractivity contribution in [2.24, 2.45) is 0 Å². The normalized spacial score (nSPS) is 10.8. The first-order chi connectivity index (χ1) is 10.2. The molecule has 3 rings (SSSR count). The van der Waals surface area contributed by atoms with Crippen molar-refractivity contribution in [1.29, 1.82) is 0 Å². The first kappa shape index (κ1) is 13.9. The second-order valence-electron chi connectivity index (χ2n) is 4.84. The summed E-state index contributed by atoms with van der Waals surface area (Å²) in [6, 6.07) is 13.7. The molecule has 1 heterocycles. The molecule has 0 bridgehead atoms. The van der Waals surface area contributed by atoms with Crippen LogP contribution in [-0.4, -0.2) is 18.0 Å². The Morgan fingerprint density at radius 2 is 2.05 bits per heavy atom. The van der Waals surface area contributed by atoms with Crippen molar-refractivity contribution in [3.8, 4) is 5.75 Å². The van der Waals surface area contributed by atoms with Crippen LogP contribution in [0.1, 0.15) is 15.9 Å². The molecule has 0 saturated heterocycles. The highest BCUT2D eigenvalue weighted by atomic mass is 79.9. The second kappa shape index (κ2) is 5.74. The molecule has 0 fully saturated rings. The maximum atomic E-state index is 11.0. The summed E-state index contributed by atoms with van der Waals surface area (Å²) in [5.74, 6) is 0.853. The van der Waals surface area contributed by atoms with Crippen molar-refractivity contribution < 1.29 is 9.53 Å². The van der Waals surface area contributed by atoms with Crippen LogP contribution in [0, 0.1) is 0 Å². The van der Waals surface area contributed by atoms with Gasteiger partial charge >= 0.3 is 0 Å².